The minimum atomic E-state index is 0.894. The number of nitrogens with zero attached hydrogens (tertiary/aromatic N) is 1. The Kier molecular flexibility index (Phi) is 8.04. The van der Waals surface area contributed by atoms with E-state index in [1.165, 1.54) is 42.4 Å². The zero-order valence-electron chi connectivity index (χ0n) is 31.0. The van der Waals surface area contributed by atoms with Crippen LogP contribution >= 0.6 is 11.3 Å². The van der Waals surface area contributed by atoms with Crippen molar-refractivity contribution in [2.24, 2.45) is 0 Å². The molecule has 0 fully saturated rings. The first-order chi connectivity index (χ1) is 28.2. The lowest BCUT2D eigenvalue weighted by atomic mass is 9.99. The lowest BCUT2D eigenvalue weighted by molar-refractivity contribution is 0.670. The van der Waals surface area contributed by atoms with Gasteiger partial charge in [-0.3, -0.25) is 0 Å². The number of thiophene rings is 1. The predicted molar refractivity (Wildman–Crippen MR) is 243 cm³/mol. The average molecular weight is 746 g/mol. The van der Waals surface area contributed by atoms with Crippen LogP contribution in [0.1, 0.15) is 0 Å². The van der Waals surface area contributed by atoms with E-state index in [4.69, 9.17) is 4.42 Å². The highest BCUT2D eigenvalue weighted by molar-refractivity contribution is 7.25. The third kappa shape index (κ3) is 5.97. The molecule has 2 nitrogen and oxygen atoms in total. The van der Waals surface area contributed by atoms with Crippen LogP contribution in [0.2, 0.25) is 0 Å². The lowest BCUT2D eigenvalue weighted by Crippen LogP contribution is -2.09. The van der Waals surface area contributed by atoms with Gasteiger partial charge in [0.05, 0.1) is 0 Å². The quantitative estimate of drug-likeness (QED) is 0.162. The molecular formula is C54H35NOS. The third-order valence-corrected chi connectivity index (χ3v) is 12.3. The van der Waals surface area contributed by atoms with E-state index in [9.17, 15) is 0 Å². The minimum absolute atomic E-state index is 0.894. The van der Waals surface area contributed by atoms with Crippen LogP contribution in [0.4, 0.5) is 17.1 Å². The molecule has 0 atom stereocenters. The number of fused-ring (bicyclic) bond motifs is 6. The summed E-state index contributed by atoms with van der Waals surface area (Å²) in [5, 5.41) is 4.88. The molecule has 0 bridgehead atoms. The first-order valence-electron chi connectivity index (χ1n) is 19.3. The molecule has 0 unspecified atom stereocenters. The van der Waals surface area contributed by atoms with Crippen molar-refractivity contribution >= 4 is 70.5 Å². The summed E-state index contributed by atoms with van der Waals surface area (Å²) in [6.07, 6.45) is 0. The second-order valence-electron chi connectivity index (χ2n) is 14.5. The maximum atomic E-state index is 6.48. The Balaban J connectivity index is 0.957. The maximum absolute atomic E-state index is 6.48. The standard InChI is InChI=1S/C54H35NOS/c1-3-10-36(11-4-1)37-18-26-43(27-19-37)55(45-30-22-39(23-31-45)42-25-33-53-50(35-42)47-14-7-8-17-52(47)57-53)44-28-20-38(21-29-44)41-24-32-51-49(34-41)48-16-9-15-46(54(48)56-51)40-12-5-2-6-13-40/h1-35H. The maximum Gasteiger partial charge on any atom is 0.143 e. The molecule has 57 heavy (non-hydrogen) atoms. The number of benzene rings is 9. The van der Waals surface area contributed by atoms with E-state index in [0.717, 1.165) is 61.3 Å². The molecule has 0 saturated heterocycles. The van der Waals surface area contributed by atoms with Gasteiger partial charge in [0, 0.05) is 53.6 Å². The van der Waals surface area contributed by atoms with E-state index in [0.29, 0.717) is 0 Å². The Morgan fingerprint density at radius 1 is 0.316 bits per heavy atom. The van der Waals surface area contributed by atoms with Crippen LogP contribution in [0.5, 0.6) is 0 Å². The highest BCUT2D eigenvalue weighted by Gasteiger charge is 2.16. The van der Waals surface area contributed by atoms with Gasteiger partial charge in [0.2, 0.25) is 0 Å². The number of hydrogen-bond donors (Lipinski definition) is 0. The molecule has 2 heterocycles. The lowest BCUT2D eigenvalue weighted by Gasteiger charge is -2.26. The van der Waals surface area contributed by atoms with Crippen LogP contribution in [-0.4, -0.2) is 0 Å². The zero-order chi connectivity index (χ0) is 37.7. The van der Waals surface area contributed by atoms with Crippen molar-refractivity contribution in [3.8, 4) is 44.5 Å². The van der Waals surface area contributed by atoms with Crippen molar-refractivity contribution < 1.29 is 4.42 Å². The molecule has 11 rings (SSSR count). The number of furan rings is 1. The molecule has 0 saturated carbocycles. The summed E-state index contributed by atoms with van der Waals surface area (Å²) in [5.41, 5.74) is 14.5. The fraction of sp³-hybridized carbons (Fsp3) is 0. The van der Waals surface area contributed by atoms with Gasteiger partial charge in [0.1, 0.15) is 11.2 Å². The van der Waals surface area contributed by atoms with Crippen molar-refractivity contribution in [1.82, 2.24) is 0 Å². The molecule has 11 aromatic rings. The Labute approximate surface area is 335 Å². The highest BCUT2D eigenvalue weighted by atomic mass is 32.1. The van der Waals surface area contributed by atoms with Crippen LogP contribution in [0, 0.1) is 0 Å². The van der Waals surface area contributed by atoms with Crippen LogP contribution in [0.25, 0.3) is 86.6 Å². The van der Waals surface area contributed by atoms with Crippen LogP contribution in [0.3, 0.4) is 0 Å². The van der Waals surface area contributed by atoms with Gasteiger partial charge in [-0.05, 0) is 106 Å². The van der Waals surface area contributed by atoms with E-state index in [-0.39, 0.29) is 0 Å². The van der Waals surface area contributed by atoms with Gasteiger partial charge < -0.3 is 9.32 Å². The first-order valence-corrected chi connectivity index (χ1v) is 20.1. The average Bonchev–Trinajstić information content (AvgIpc) is 3.86. The van der Waals surface area contributed by atoms with Gasteiger partial charge >= 0.3 is 0 Å². The Morgan fingerprint density at radius 2 is 0.789 bits per heavy atom. The smallest absolute Gasteiger partial charge is 0.143 e. The van der Waals surface area contributed by atoms with E-state index in [1.807, 2.05) is 17.4 Å². The van der Waals surface area contributed by atoms with Crippen LogP contribution < -0.4 is 4.90 Å². The predicted octanol–water partition coefficient (Wildman–Crippen LogP) is 16.1. The summed E-state index contributed by atoms with van der Waals surface area (Å²) in [5.74, 6) is 0. The summed E-state index contributed by atoms with van der Waals surface area (Å²) >= 11 is 1.86. The SMILES string of the molecule is c1ccc(-c2ccc(N(c3ccc(-c4ccc5oc6c(-c7ccccc7)cccc6c5c4)cc3)c3ccc(-c4ccc5sc6ccccc6c5c4)cc3)cc2)cc1. The van der Waals surface area contributed by atoms with E-state index >= 15 is 0 Å². The summed E-state index contributed by atoms with van der Waals surface area (Å²) in [6.45, 7) is 0. The molecular weight excluding hydrogens is 711 g/mol. The van der Waals surface area contributed by atoms with Crippen molar-refractivity contribution in [2.45, 2.75) is 0 Å². The molecule has 0 radical (unpaired) electrons. The highest BCUT2D eigenvalue weighted by Crippen LogP contribution is 2.41. The molecule has 3 heteroatoms. The van der Waals surface area contributed by atoms with Gasteiger partial charge in [0.25, 0.3) is 0 Å². The first kappa shape index (κ1) is 33.2. The second kappa shape index (κ2) is 13.8. The van der Waals surface area contributed by atoms with Crippen LogP contribution in [-0.2, 0) is 0 Å². The largest absolute Gasteiger partial charge is 0.455 e. The van der Waals surface area contributed by atoms with Gasteiger partial charge in [-0.2, -0.15) is 0 Å². The van der Waals surface area contributed by atoms with E-state index < -0.39 is 0 Å². The minimum Gasteiger partial charge on any atom is -0.455 e. The molecule has 0 N–H and O–H groups in total. The van der Waals surface area contributed by atoms with Gasteiger partial charge in [-0.1, -0.05) is 146 Å². The van der Waals surface area contributed by atoms with E-state index in [1.54, 1.807) is 0 Å². The van der Waals surface area contributed by atoms with Crippen LogP contribution in [0.15, 0.2) is 217 Å². The molecule has 0 spiro atoms. The summed E-state index contributed by atoms with van der Waals surface area (Å²) < 4.78 is 9.12. The second-order valence-corrected chi connectivity index (χ2v) is 15.6. The summed E-state index contributed by atoms with van der Waals surface area (Å²) in [4.78, 5) is 2.34. The monoisotopic (exact) mass is 745 g/mol. The van der Waals surface area contributed by atoms with Gasteiger partial charge in [-0.25, -0.2) is 0 Å². The molecule has 0 aliphatic carbocycles. The molecule has 2 aromatic heterocycles. The van der Waals surface area contributed by atoms with Crippen molar-refractivity contribution in [3.05, 3.63) is 212 Å². The Bertz CT molecular complexity index is 3200. The Hall–Kier alpha value is -7.20. The third-order valence-electron chi connectivity index (χ3n) is 11.1. The normalized spacial score (nSPS) is 11.5. The summed E-state index contributed by atoms with van der Waals surface area (Å²) in [7, 11) is 0. The fourth-order valence-electron chi connectivity index (χ4n) is 8.22. The molecule has 0 aliphatic rings. The molecule has 0 aliphatic heterocycles. The molecule has 0 amide bonds. The Morgan fingerprint density at radius 3 is 1.44 bits per heavy atom. The number of anilines is 3. The number of rotatable bonds is 7. The van der Waals surface area contributed by atoms with Crippen molar-refractivity contribution in [3.63, 3.8) is 0 Å². The number of para-hydroxylation sites is 1. The number of hydrogen-bond acceptors (Lipinski definition) is 3. The zero-order valence-corrected chi connectivity index (χ0v) is 31.8. The van der Waals surface area contributed by atoms with E-state index in [2.05, 4.69) is 211 Å². The van der Waals surface area contributed by atoms with Crippen molar-refractivity contribution in [2.75, 3.05) is 4.90 Å². The molecule has 9 aromatic carbocycles. The fourth-order valence-corrected chi connectivity index (χ4v) is 9.30. The van der Waals surface area contributed by atoms with Gasteiger partial charge in [0.15, 0.2) is 0 Å². The van der Waals surface area contributed by atoms with Crippen molar-refractivity contribution in [1.29, 1.82) is 0 Å². The topological polar surface area (TPSA) is 16.4 Å². The molecule has 268 valence electrons. The summed E-state index contributed by atoms with van der Waals surface area (Å²) in [6, 6.07) is 76.3. The van der Waals surface area contributed by atoms with Gasteiger partial charge in [-0.15, -0.1) is 11.3 Å².